The summed E-state index contributed by atoms with van der Waals surface area (Å²) in [6.45, 7) is 7.11. The number of para-hydroxylation sites is 1. The largest absolute Gasteiger partial charge is 0.469 e. The van der Waals surface area contributed by atoms with Gasteiger partial charge in [0.15, 0.2) is 0 Å². The van der Waals surface area contributed by atoms with E-state index < -0.39 is 0 Å². The number of fused-ring (bicyclic) bond motifs is 1. The maximum absolute atomic E-state index is 6.03. The van der Waals surface area contributed by atoms with E-state index in [1.165, 1.54) is 10.9 Å². The first kappa shape index (κ1) is 14.0. The second-order valence-electron chi connectivity index (χ2n) is 5.27. The molecule has 1 aromatic carbocycles. The second kappa shape index (κ2) is 5.78. The highest BCUT2D eigenvalue weighted by atomic mass is 16.3. The third kappa shape index (κ3) is 2.49. The van der Waals surface area contributed by atoms with E-state index in [-0.39, 0.29) is 6.04 Å². The predicted octanol–water partition coefficient (Wildman–Crippen LogP) is 4.60. The molecule has 1 unspecified atom stereocenters. The Morgan fingerprint density at radius 1 is 1.19 bits per heavy atom. The molecule has 3 aromatic rings. The number of benzene rings is 1. The molecule has 1 atom stereocenters. The number of hydrogen-bond donors (Lipinski definition) is 1. The summed E-state index contributed by atoms with van der Waals surface area (Å²) in [5.41, 5.74) is 3.33. The van der Waals surface area contributed by atoms with Gasteiger partial charge in [-0.2, -0.15) is 0 Å². The fraction of sp³-hybridized carbons (Fsp3) is 0.333. The summed E-state index contributed by atoms with van der Waals surface area (Å²) in [7, 11) is 0. The smallest absolute Gasteiger partial charge is 0.134 e. The number of furan rings is 2. The van der Waals surface area contributed by atoms with Gasteiger partial charge in [0.1, 0.15) is 17.1 Å². The lowest BCUT2D eigenvalue weighted by atomic mass is 9.96. The molecule has 110 valence electrons. The minimum atomic E-state index is 0.103. The maximum atomic E-state index is 6.03. The van der Waals surface area contributed by atoms with Crippen LogP contribution in [0, 0.1) is 6.92 Å². The first-order chi connectivity index (χ1) is 10.2. The summed E-state index contributed by atoms with van der Waals surface area (Å²) in [6, 6.07) is 10.4. The Morgan fingerprint density at radius 3 is 2.67 bits per heavy atom. The Hall–Kier alpha value is -2.00. The lowest BCUT2D eigenvalue weighted by Gasteiger charge is -2.17. The molecule has 0 saturated heterocycles. The molecule has 0 radical (unpaired) electrons. The lowest BCUT2D eigenvalue weighted by molar-refractivity contribution is 0.518. The van der Waals surface area contributed by atoms with Gasteiger partial charge in [0, 0.05) is 22.9 Å². The summed E-state index contributed by atoms with van der Waals surface area (Å²) >= 11 is 0. The van der Waals surface area contributed by atoms with E-state index in [0.29, 0.717) is 0 Å². The van der Waals surface area contributed by atoms with Crippen molar-refractivity contribution in [1.29, 1.82) is 0 Å². The highest BCUT2D eigenvalue weighted by Crippen LogP contribution is 2.35. The van der Waals surface area contributed by atoms with Crippen molar-refractivity contribution >= 4 is 11.0 Å². The van der Waals surface area contributed by atoms with E-state index in [4.69, 9.17) is 8.83 Å². The van der Waals surface area contributed by atoms with Crippen LogP contribution in [0.2, 0.25) is 0 Å². The molecule has 0 spiro atoms. The second-order valence-corrected chi connectivity index (χ2v) is 5.27. The first-order valence-corrected chi connectivity index (χ1v) is 7.53. The van der Waals surface area contributed by atoms with Gasteiger partial charge in [-0.1, -0.05) is 32.0 Å². The Morgan fingerprint density at radius 2 is 2.00 bits per heavy atom. The van der Waals surface area contributed by atoms with Crippen molar-refractivity contribution in [3.8, 4) is 0 Å². The average molecular weight is 283 g/mol. The van der Waals surface area contributed by atoms with Crippen LogP contribution in [0.5, 0.6) is 0 Å². The minimum absolute atomic E-state index is 0.103. The van der Waals surface area contributed by atoms with E-state index in [1.807, 2.05) is 25.3 Å². The Bertz CT molecular complexity index is 739. The fourth-order valence-corrected chi connectivity index (χ4v) is 2.90. The van der Waals surface area contributed by atoms with Crippen LogP contribution in [-0.2, 0) is 6.42 Å². The topological polar surface area (TPSA) is 38.3 Å². The highest BCUT2D eigenvalue weighted by molar-refractivity contribution is 5.83. The van der Waals surface area contributed by atoms with E-state index in [2.05, 4.69) is 37.4 Å². The molecule has 0 amide bonds. The molecular weight excluding hydrogens is 262 g/mol. The van der Waals surface area contributed by atoms with Crippen LogP contribution in [0.1, 0.15) is 42.5 Å². The third-order valence-corrected chi connectivity index (χ3v) is 3.81. The van der Waals surface area contributed by atoms with Crippen LogP contribution in [0.25, 0.3) is 11.0 Å². The van der Waals surface area contributed by atoms with Crippen molar-refractivity contribution in [3.05, 3.63) is 59.2 Å². The molecule has 3 nitrogen and oxygen atoms in total. The monoisotopic (exact) mass is 283 g/mol. The van der Waals surface area contributed by atoms with Crippen LogP contribution in [0.4, 0.5) is 0 Å². The zero-order chi connectivity index (χ0) is 14.8. The van der Waals surface area contributed by atoms with E-state index in [1.54, 1.807) is 0 Å². The highest BCUT2D eigenvalue weighted by Gasteiger charge is 2.23. The molecule has 21 heavy (non-hydrogen) atoms. The summed E-state index contributed by atoms with van der Waals surface area (Å²) < 4.78 is 11.5. The first-order valence-electron chi connectivity index (χ1n) is 7.53. The number of nitrogens with one attached hydrogen (secondary N) is 1. The van der Waals surface area contributed by atoms with Crippen LogP contribution >= 0.6 is 0 Å². The summed E-state index contributed by atoms with van der Waals surface area (Å²) in [6.07, 6.45) is 2.71. The molecule has 3 heteroatoms. The minimum Gasteiger partial charge on any atom is -0.469 e. The Kier molecular flexibility index (Phi) is 3.84. The van der Waals surface area contributed by atoms with Gasteiger partial charge in [0.05, 0.1) is 12.3 Å². The van der Waals surface area contributed by atoms with Crippen molar-refractivity contribution < 1.29 is 8.83 Å². The van der Waals surface area contributed by atoms with Crippen molar-refractivity contribution in [3.63, 3.8) is 0 Å². The lowest BCUT2D eigenvalue weighted by Crippen LogP contribution is -2.22. The van der Waals surface area contributed by atoms with Gasteiger partial charge >= 0.3 is 0 Å². The number of rotatable bonds is 5. The summed E-state index contributed by atoms with van der Waals surface area (Å²) in [4.78, 5) is 0. The van der Waals surface area contributed by atoms with Gasteiger partial charge in [-0.15, -0.1) is 0 Å². The molecular formula is C18H21NO2. The standard InChI is InChI=1S/C18H21NO2/c1-4-15-17(14-8-6-7-9-16(14)21-15)18(19-5-2)13-10-12(3)20-11-13/h6-11,18-19H,4-5H2,1-3H3. The molecule has 3 rings (SSSR count). The average Bonchev–Trinajstić information content (AvgIpc) is 3.08. The van der Waals surface area contributed by atoms with Gasteiger partial charge in [0.2, 0.25) is 0 Å². The zero-order valence-electron chi connectivity index (χ0n) is 12.8. The molecule has 0 aliphatic heterocycles. The van der Waals surface area contributed by atoms with Crippen molar-refractivity contribution in [2.75, 3.05) is 6.54 Å². The fourth-order valence-electron chi connectivity index (χ4n) is 2.90. The summed E-state index contributed by atoms with van der Waals surface area (Å²) in [5, 5.41) is 4.74. The van der Waals surface area contributed by atoms with Gasteiger partial charge in [-0.3, -0.25) is 0 Å². The van der Waals surface area contributed by atoms with Crippen molar-refractivity contribution in [2.24, 2.45) is 0 Å². The van der Waals surface area contributed by atoms with Crippen LogP contribution in [0.15, 0.2) is 45.4 Å². The SMILES string of the molecule is CCNC(c1coc(C)c1)c1c(CC)oc2ccccc12. The van der Waals surface area contributed by atoms with Gasteiger partial charge in [0.25, 0.3) is 0 Å². The molecule has 0 aliphatic rings. The molecule has 2 aromatic heterocycles. The molecule has 0 saturated carbocycles. The number of aryl methyl sites for hydroxylation is 2. The van der Waals surface area contributed by atoms with Crippen LogP contribution < -0.4 is 5.32 Å². The van der Waals surface area contributed by atoms with Crippen molar-refractivity contribution in [1.82, 2.24) is 5.32 Å². The molecule has 0 aliphatic carbocycles. The molecule has 1 N–H and O–H groups in total. The Balaban J connectivity index is 2.18. The van der Waals surface area contributed by atoms with Gasteiger partial charge < -0.3 is 14.2 Å². The van der Waals surface area contributed by atoms with E-state index in [0.717, 1.165) is 35.6 Å². The quantitative estimate of drug-likeness (QED) is 0.744. The maximum Gasteiger partial charge on any atom is 0.134 e. The predicted molar refractivity (Wildman–Crippen MR) is 84.6 cm³/mol. The number of hydrogen-bond acceptors (Lipinski definition) is 3. The van der Waals surface area contributed by atoms with Crippen LogP contribution in [0.3, 0.4) is 0 Å². The van der Waals surface area contributed by atoms with E-state index >= 15 is 0 Å². The zero-order valence-corrected chi connectivity index (χ0v) is 12.8. The molecule has 2 heterocycles. The van der Waals surface area contributed by atoms with E-state index in [9.17, 15) is 0 Å². The molecule has 0 bridgehead atoms. The molecule has 0 fully saturated rings. The normalized spacial score (nSPS) is 12.9. The Labute approximate surface area is 124 Å². The third-order valence-electron chi connectivity index (χ3n) is 3.81. The van der Waals surface area contributed by atoms with Gasteiger partial charge in [-0.25, -0.2) is 0 Å². The summed E-state index contributed by atoms with van der Waals surface area (Å²) in [5.74, 6) is 1.97. The van der Waals surface area contributed by atoms with Gasteiger partial charge in [-0.05, 0) is 25.6 Å². The van der Waals surface area contributed by atoms with Crippen LogP contribution in [-0.4, -0.2) is 6.54 Å². The van der Waals surface area contributed by atoms with Crippen molar-refractivity contribution in [2.45, 2.75) is 33.2 Å².